The first-order valence-electron chi connectivity index (χ1n) is 6.83. The Morgan fingerprint density at radius 1 is 1.38 bits per heavy atom. The van der Waals surface area contributed by atoms with E-state index in [9.17, 15) is 9.59 Å². The van der Waals surface area contributed by atoms with Gasteiger partial charge in [-0.25, -0.2) is 0 Å². The zero-order valence-electron chi connectivity index (χ0n) is 11.4. The number of aromatic amines is 1. The number of hydrogen-bond acceptors (Lipinski definition) is 3. The molecule has 6 nitrogen and oxygen atoms in total. The van der Waals surface area contributed by atoms with E-state index in [0.29, 0.717) is 18.7 Å². The summed E-state index contributed by atoms with van der Waals surface area (Å²) in [5, 5.41) is 9.83. The van der Waals surface area contributed by atoms with Crippen LogP contribution in [0.1, 0.15) is 16.8 Å². The van der Waals surface area contributed by atoms with E-state index >= 15 is 0 Å². The van der Waals surface area contributed by atoms with E-state index in [2.05, 4.69) is 4.98 Å². The van der Waals surface area contributed by atoms with Crippen LogP contribution in [-0.4, -0.2) is 52.7 Å². The molecule has 1 fully saturated rings. The number of ether oxygens (including phenoxy) is 1. The maximum absolute atomic E-state index is 12.8. The number of carboxylic acid groups (broad SMARTS) is 1. The van der Waals surface area contributed by atoms with Crippen molar-refractivity contribution in [3.05, 3.63) is 36.0 Å². The fourth-order valence-electron chi connectivity index (χ4n) is 2.72. The molecule has 0 spiro atoms. The average molecular weight is 288 g/mol. The summed E-state index contributed by atoms with van der Waals surface area (Å²) < 4.78 is 5.31. The first kappa shape index (κ1) is 13.6. The van der Waals surface area contributed by atoms with Gasteiger partial charge in [-0.15, -0.1) is 0 Å². The number of carboxylic acids is 1. The summed E-state index contributed by atoms with van der Waals surface area (Å²) >= 11 is 0. The number of hydrogen-bond donors (Lipinski definition) is 2. The Labute approximate surface area is 121 Å². The SMILES string of the molecule is O=C(O)CC1COCCN1C(=O)c1cccc2[nH]ccc12. The molecule has 1 aliphatic heterocycles. The number of aliphatic carboxylic acids is 1. The van der Waals surface area contributed by atoms with E-state index in [0.717, 1.165) is 10.9 Å². The van der Waals surface area contributed by atoms with Crippen molar-refractivity contribution < 1.29 is 19.4 Å². The third-order valence-corrected chi connectivity index (χ3v) is 3.72. The molecule has 1 atom stereocenters. The molecule has 1 aromatic heterocycles. The smallest absolute Gasteiger partial charge is 0.305 e. The minimum atomic E-state index is -0.928. The van der Waals surface area contributed by atoms with Crippen molar-refractivity contribution in [3.63, 3.8) is 0 Å². The standard InChI is InChI=1S/C15H16N2O4/c18-14(19)8-10-9-21-7-6-17(10)15(20)12-2-1-3-13-11(12)4-5-16-13/h1-5,10,16H,6-9H2,(H,18,19). The second-order valence-electron chi connectivity index (χ2n) is 5.07. The molecule has 110 valence electrons. The number of carbonyl (C=O) groups is 2. The molecular formula is C15H16N2O4. The fourth-order valence-corrected chi connectivity index (χ4v) is 2.72. The lowest BCUT2D eigenvalue weighted by atomic mass is 10.1. The number of carbonyl (C=O) groups excluding carboxylic acids is 1. The zero-order valence-corrected chi connectivity index (χ0v) is 11.4. The summed E-state index contributed by atoms with van der Waals surface area (Å²) in [7, 11) is 0. The van der Waals surface area contributed by atoms with Crippen LogP contribution in [0, 0.1) is 0 Å². The number of benzene rings is 1. The molecule has 1 aromatic carbocycles. The van der Waals surface area contributed by atoms with Crippen molar-refractivity contribution in [2.45, 2.75) is 12.5 Å². The molecule has 1 amide bonds. The fraction of sp³-hybridized carbons (Fsp3) is 0.333. The second-order valence-corrected chi connectivity index (χ2v) is 5.07. The van der Waals surface area contributed by atoms with Gasteiger partial charge in [0.2, 0.25) is 0 Å². The topological polar surface area (TPSA) is 82.6 Å². The molecule has 1 unspecified atom stereocenters. The van der Waals surface area contributed by atoms with Gasteiger partial charge in [-0.3, -0.25) is 9.59 Å². The zero-order chi connectivity index (χ0) is 14.8. The van der Waals surface area contributed by atoms with Gasteiger partial charge in [-0.2, -0.15) is 0 Å². The van der Waals surface area contributed by atoms with Crippen molar-refractivity contribution in [1.82, 2.24) is 9.88 Å². The van der Waals surface area contributed by atoms with Crippen molar-refractivity contribution in [2.24, 2.45) is 0 Å². The van der Waals surface area contributed by atoms with Crippen LogP contribution >= 0.6 is 0 Å². The van der Waals surface area contributed by atoms with Gasteiger partial charge in [0.25, 0.3) is 5.91 Å². The van der Waals surface area contributed by atoms with Crippen LogP contribution in [0.5, 0.6) is 0 Å². The van der Waals surface area contributed by atoms with E-state index < -0.39 is 12.0 Å². The molecule has 21 heavy (non-hydrogen) atoms. The largest absolute Gasteiger partial charge is 0.481 e. The number of rotatable bonds is 3. The van der Waals surface area contributed by atoms with Crippen LogP contribution in [0.15, 0.2) is 30.5 Å². The number of amides is 1. The predicted molar refractivity (Wildman–Crippen MR) is 76.2 cm³/mol. The summed E-state index contributed by atoms with van der Waals surface area (Å²) in [5.74, 6) is -1.07. The van der Waals surface area contributed by atoms with Crippen LogP contribution in [0.4, 0.5) is 0 Å². The Morgan fingerprint density at radius 3 is 3.05 bits per heavy atom. The highest BCUT2D eigenvalue weighted by Crippen LogP contribution is 2.22. The minimum absolute atomic E-state index is 0.102. The maximum Gasteiger partial charge on any atom is 0.305 e. The third kappa shape index (κ3) is 2.62. The average Bonchev–Trinajstić information content (AvgIpc) is 2.95. The first-order valence-corrected chi connectivity index (χ1v) is 6.83. The number of H-pyrrole nitrogens is 1. The Balaban J connectivity index is 1.92. The van der Waals surface area contributed by atoms with Gasteiger partial charge in [0.1, 0.15) is 0 Å². The van der Waals surface area contributed by atoms with Crippen LogP contribution in [0.2, 0.25) is 0 Å². The highest BCUT2D eigenvalue weighted by Gasteiger charge is 2.30. The number of morpholine rings is 1. The monoisotopic (exact) mass is 288 g/mol. The third-order valence-electron chi connectivity index (χ3n) is 3.72. The molecule has 3 rings (SSSR count). The Hall–Kier alpha value is -2.34. The number of nitrogens with one attached hydrogen (secondary N) is 1. The van der Waals surface area contributed by atoms with Gasteiger partial charge < -0.3 is 19.7 Å². The second kappa shape index (κ2) is 5.57. The molecule has 0 bridgehead atoms. The van der Waals surface area contributed by atoms with Crippen LogP contribution < -0.4 is 0 Å². The van der Waals surface area contributed by atoms with E-state index in [1.165, 1.54) is 0 Å². The lowest BCUT2D eigenvalue weighted by molar-refractivity contribution is -0.139. The molecule has 0 radical (unpaired) electrons. The van der Waals surface area contributed by atoms with Gasteiger partial charge in [0, 0.05) is 29.2 Å². The molecule has 2 heterocycles. The van der Waals surface area contributed by atoms with E-state index in [1.54, 1.807) is 17.2 Å². The van der Waals surface area contributed by atoms with Gasteiger partial charge in [0.15, 0.2) is 0 Å². The Kier molecular flexibility index (Phi) is 3.62. The van der Waals surface area contributed by atoms with Gasteiger partial charge in [-0.1, -0.05) is 6.07 Å². The summed E-state index contributed by atoms with van der Waals surface area (Å²) in [6.07, 6.45) is 1.68. The van der Waals surface area contributed by atoms with Crippen molar-refractivity contribution in [1.29, 1.82) is 0 Å². The molecule has 1 aliphatic rings. The van der Waals surface area contributed by atoms with Gasteiger partial charge in [0.05, 0.1) is 25.7 Å². The van der Waals surface area contributed by atoms with E-state index in [4.69, 9.17) is 9.84 Å². The summed E-state index contributed by atoms with van der Waals surface area (Å²) in [6, 6.07) is 6.93. The number of fused-ring (bicyclic) bond motifs is 1. The Morgan fingerprint density at radius 2 is 2.24 bits per heavy atom. The van der Waals surface area contributed by atoms with E-state index in [-0.39, 0.29) is 18.9 Å². The lowest BCUT2D eigenvalue weighted by Gasteiger charge is -2.35. The van der Waals surface area contributed by atoms with Crippen LogP contribution in [0.25, 0.3) is 10.9 Å². The molecule has 2 N–H and O–H groups in total. The maximum atomic E-state index is 12.8. The molecule has 2 aromatic rings. The quantitative estimate of drug-likeness (QED) is 0.896. The highest BCUT2D eigenvalue weighted by atomic mass is 16.5. The van der Waals surface area contributed by atoms with Crippen molar-refractivity contribution in [3.8, 4) is 0 Å². The Bertz CT molecular complexity index is 679. The van der Waals surface area contributed by atoms with Gasteiger partial charge in [-0.05, 0) is 18.2 Å². The lowest BCUT2D eigenvalue weighted by Crippen LogP contribution is -2.49. The predicted octanol–water partition coefficient (Wildman–Crippen LogP) is 1.48. The van der Waals surface area contributed by atoms with E-state index in [1.807, 2.05) is 18.2 Å². The molecule has 6 heteroatoms. The number of nitrogens with zero attached hydrogens (tertiary/aromatic N) is 1. The number of aromatic nitrogens is 1. The molecule has 1 saturated heterocycles. The minimum Gasteiger partial charge on any atom is -0.481 e. The normalized spacial score (nSPS) is 18.9. The summed E-state index contributed by atoms with van der Waals surface area (Å²) in [6.45, 7) is 1.11. The van der Waals surface area contributed by atoms with Crippen LogP contribution in [0.3, 0.4) is 0 Å². The summed E-state index contributed by atoms with van der Waals surface area (Å²) in [5.41, 5.74) is 1.48. The van der Waals surface area contributed by atoms with Crippen molar-refractivity contribution >= 4 is 22.8 Å². The van der Waals surface area contributed by atoms with Gasteiger partial charge >= 0.3 is 5.97 Å². The van der Waals surface area contributed by atoms with Crippen molar-refractivity contribution in [2.75, 3.05) is 19.8 Å². The first-order chi connectivity index (χ1) is 10.2. The molecular weight excluding hydrogens is 272 g/mol. The highest BCUT2D eigenvalue weighted by molar-refractivity contribution is 6.06. The molecule has 0 aliphatic carbocycles. The molecule has 0 saturated carbocycles. The van der Waals surface area contributed by atoms with Crippen LogP contribution in [-0.2, 0) is 9.53 Å². The summed E-state index contributed by atoms with van der Waals surface area (Å²) in [4.78, 5) is 28.4.